The lowest BCUT2D eigenvalue weighted by atomic mass is 10.2. The van der Waals surface area contributed by atoms with Crippen molar-refractivity contribution in [3.05, 3.63) is 34.8 Å². The minimum Gasteiger partial charge on any atom is -0.454 e. The summed E-state index contributed by atoms with van der Waals surface area (Å²) in [6.45, 7) is 0.297. The number of hydrogen-bond acceptors (Lipinski definition) is 5. The molecule has 0 bridgehead atoms. The van der Waals surface area contributed by atoms with Gasteiger partial charge in [0, 0.05) is 5.38 Å². The molecule has 0 unspecified atom stereocenters. The van der Waals surface area contributed by atoms with Gasteiger partial charge in [-0.25, -0.2) is 4.98 Å². The van der Waals surface area contributed by atoms with Crippen LogP contribution in [0.3, 0.4) is 0 Å². The second-order valence-electron chi connectivity index (χ2n) is 3.56. The minimum absolute atomic E-state index is 0.297. The van der Waals surface area contributed by atoms with Gasteiger partial charge in [-0.15, -0.1) is 11.3 Å². The van der Waals surface area contributed by atoms with E-state index in [2.05, 4.69) is 4.98 Å². The van der Waals surface area contributed by atoms with Crippen LogP contribution >= 0.6 is 11.3 Å². The predicted octanol–water partition coefficient (Wildman–Crippen LogP) is 2.62. The lowest BCUT2D eigenvalue weighted by Crippen LogP contribution is -1.92. The van der Waals surface area contributed by atoms with Gasteiger partial charge in [-0.2, -0.15) is 0 Å². The van der Waals surface area contributed by atoms with Gasteiger partial charge in [0.2, 0.25) is 6.79 Å². The number of hydrogen-bond donors (Lipinski definition) is 1. The zero-order chi connectivity index (χ0) is 11.7. The molecule has 1 aliphatic heterocycles. The number of benzene rings is 1. The fourth-order valence-corrected chi connectivity index (χ4v) is 2.11. The van der Waals surface area contributed by atoms with Gasteiger partial charge in [-0.3, -0.25) is 0 Å². The Bertz CT molecular complexity index is 578. The number of nitrogens with zero attached hydrogens (tertiary/aromatic N) is 1. The summed E-state index contributed by atoms with van der Waals surface area (Å²) >= 11 is 1.43. The van der Waals surface area contributed by atoms with Crippen molar-refractivity contribution in [2.45, 2.75) is 0 Å². The Morgan fingerprint density at radius 1 is 1.24 bits per heavy atom. The molecule has 2 heterocycles. The first-order valence-corrected chi connectivity index (χ1v) is 5.98. The van der Waals surface area contributed by atoms with E-state index in [-0.39, 0.29) is 0 Å². The molecule has 0 amide bonds. The third-order valence-electron chi connectivity index (χ3n) is 2.38. The highest BCUT2D eigenvalue weighted by molar-refractivity contribution is 7.13. The van der Waals surface area contributed by atoms with Crippen LogP contribution < -0.4 is 15.2 Å². The Kier molecular flexibility index (Phi) is 2.45. The lowest BCUT2D eigenvalue weighted by Gasteiger charge is -1.96. The molecule has 2 aromatic rings. The zero-order valence-electron chi connectivity index (χ0n) is 8.92. The quantitative estimate of drug-likeness (QED) is 0.885. The smallest absolute Gasteiger partial charge is 0.231 e. The van der Waals surface area contributed by atoms with Crippen LogP contribution in [-0.2, 0) is 0 Å². The van der Waals surface area contributed by atoms with E-state index in [1.54, 1.807) is 0 Å². The summed E-state index contributed by atoms with van der Waals surface area (Å²) in [7, 11) is 0. The van der Waals surface area contributed by atoms with Crippen LogP contribution in [0.5, 0.6) is 11.5 Å². The largest absolute Gasteiger partial charge is 0.454 e. The summed E-state index contributed by atoms with van der Waals surface area (Å²) in [6, 6.07) is 5.81. The summed E-state index contributed by atoms with van der Waals surface area (Å²) in [6.07, 6.45) is 3.89. The van der Waals surface area contributed by atoms with Gasteiger partial charge < -0.3 is 15.2 Å². The van der Waals surface area contributed by atoms with Crippen LogP contribution in [0.2, 0.25) is 0 Å². The molecule has 3 rings (SSSR count). The van der Waals surface area contributed by atoms with Gasteiger partial charge in [-0.1, -0.05) is 12.1 Å². The Balaban J connectivity index is 1.83. The van der Waals surface area contributed by atoms with E-state index < -0.39 is 0 Å². The van der Waals surface area contributed by atoms with Crippen molar-refractivity contribution in [1.82, 2.24) is 4.98 Å². The molecule has 0 saturated heterocycles. The van der Waals surface area contributed by atoms with Gasteiger partial charge in [0.1, 0.15) is 0 Å². The van der Waals surface area contributed by atoms with Crippen molar-refractivity contribution < 1.29 is 9.47 Å². The van der Waals surface area contributed by atoms with Gasteiger partial charge in [0.05, 0.1) is 5.69 Å². The minimum atomic E-state index is 0.297. The van der Waals surface area contributed by atoms with Crippen LogP contribution in [0.15, 0.2) is 23.6 Å². The summed E-state index contributed by atoms with van der Waals surface area (Å²) in [4.78, 5) is 4.15. The topological polar surface area (TPSA) is 57.4 Å². The molecule has 1 aliphatic rings. The van der Waals surface area contributed by atoms with E-state index in [1.807, 2.05) is 35.7 Å². The van der Waals surface area contributed by atoms with E-state index in [0.717, 1.165) is 22.8 Å². The third kappa shape index (κ3) is 2.09. The summed E-state index contributed by atoms with van der Waals surface area (Å²) in [5, 5.41) is 2.49. The summed E-state index contributed by atoms with van der Waals surface area (Å²) in [5.41, 5.74) is 7.47. The van der Waals surface area contributed by atoms with Crippen LogP contribution in [0.4, 0.5) is 5.13 Å². The molecule has 5 heteroatoms. The Morgan fingerprint density at radius 3 is 2.94 bits per heavy atom. The van der Waals surface area contributed by atoms with Crippen molar-refractivity contribution in [3.8, 4) is 11.5 Å². The molecular formula is C12H10N2O2S. The van der Waals surface area contributed by atoms with Crippen molar-refractivity contribution in [1.29, 1.82) is 0 Å². The molecule has 0 atom stereocenters. The monoisotopic (exact) mass is 246 g/mol. The molecule has 0 saturated carbocycles. The molecule has 0 aliphatic carbocycles. The fraction of sp³-hybridized carbons (Fsp3) is 0.0833. The van der Waals surface area contributed by atoms with Crippen molar-refractivity contribution in [3.63, 3.8) is 0 Å². The highest BCUT2D eigenvalue weighted by atomic mass is 32.1. The summed E-state index contributed by atoms with van der Waals surface area (Å²) in [5.74, 6) is 1.57. The molecule has 86 valence electrons. The van der Waals surface area contributed by atoms with E-state index >= 15 is 0 Å². The molecule has 2 N–H and O–H groups in total. The van der Waals surface area contributed by atoms with E-state index in [0.29, 0.717) is 11.9 Å². The standard InChI is InChI=1S/C12H10N2O2S/c13-12-14-9(6-17-12)3-1-8-2-4-10-11(5-8)16-7-15-10/h1-6H,7H2,(H2,13,14). The normalized spacial score (nSPS) is 13.4. The first kappa shape index (κ1) is 10.2. The number of rotatable bonds is 2. The van der Waals surface area contributed by atoms with E-state index in [1.165, 1.54) is 11.3 Å². The second-order valence-corrected chi connectivity index (χ2v) is 4.45. The van der Waals surface area contributed by atoms with Crippen LogP contribution in [0.25, 0.3) is 12.2 Å². The van der Waals surface area contributed by atoms with Crippen molar-refractivity contribution >= 4 is 28.6 Å². The molecule has 17 heavy (non-hydrogen) atoms. The van der Waals surface area contributed by atoms with Crippen LogP contribution in [0.1, 0.15) is 11.3 Å². The molecule has 0 spiro atoms. The van der Waals surface area contributed by atoms with Gasteiger partial charge in [-0.05, 0) is 23.8 Å². The SMILES string of the molecule is Nc1nc(C=Cc2ccc3c(c2)OCO3)cs1. The van der Waals surface area contributed by atoms with Crippen LogP contribution in [0, 0.1) is 0 Å². The van der Waals surface area contributed by atoms with Gasteiger partial charge in [0.15, 0.2) is 16.6 Å². The number of ether oxygens (including phenoxy) is 2. The Morgan fingerprint density at radius 2 is 2.12 bits per heavy atom. The van der Waals surface area contributed by atoms with Crippen LogP contribution in [-0.4, -0.2) is 11.8 Å². The predicted molar refractivity (Wildman–Crippen MR) is 68.0 cm³/mol. The number of anilines is 1. The molecule has 1 aromatic carbocycles. The zero-order valence-corrected chi connectivity index (χ0v) is 9.74. The maximum atomic E-state index is 5.56. The average Bonchev–Trinajstić information content (AvgIpc) is 2.94. The van der Waals surface area contributed by atoms with Crippen molar-refractivity contribution in [2.24, 2.45) is 0 Å². The van der Waals surface area contributed by atoms with Gasteiger partial charge in [0.25, 0.3) is 0 Å². The molecule has 4 nitrogen and oxygen atoms in total. The van der Waals surface area contributed by atoms with Gasteiger partial charge >= 0.3 is 0 Å². The number of fused-ring (bicyclic) bond motifs is 1. The Labute approximate surface area is 102 Å². The molecule has 0 radical (unpaired) electrons. The highest BCUT2D eigenvalue weighted by Crippen LogP contribution is 2.32. The maximum absolute atomic E-state index is 5.56. The average molecular weight is 246 g/mol. The van der Waals surface area contributed by atoms with E-state index in [9.17, 15) is 0 Å². The number of nitrogen functional groups attached to an aromatic ring is 1. The fourth-order valence-electron chi connectivity index (χ4n) is 1.58. The Hall–Kier alpha value is -2.01. The second kappa shape index (κ2) is 4.10. The molecule has 0 fully saturated rings. The first-order chi connectivity index (χ1) is 8.31. The van der Waals surface area contributed by atoms with Crippen molar-refractivity contribution in [2.75, 3.05) is 12.5 Å². The molecular weight excluding hydrogens is 236 g/mol. The first-order valence-electron chi connectivity index (χ1n) is 5.10. The molecule has 1 aromatic heterocycles. The maximum Gasteiger partial charge on any atom is 0.231 e. The third-order valence-corrected chi connectivity index (χ3v) is 3.08. The number of nitrogens with two attached hydrogens (primary N) is 1. The highest BCUT2D eigenvalue weighted by Gasteiger charge is 2.12. The van der Waals surface area contributed by atoms with E-state index in [4.69, 9.17) is 15.2 Å². The lowest BCUT2D eigenvalue weighted by molar-refractivity contribution is 0.174. The summed E-state index contributed by atoms with van der Waals surface area (Å²) < 4.78 is 10.6. The number of thiazole rings is 1. The number of aromatic nitrogens is 1.